The molecule has 0 unspecified atom stereocenters. The molecular weight excluding hydrogens is 260 g/mol. The van der Waals surface area contributed by atoms with Gasteiger partial charge in [-0.3, -0.25) is 4.79 Å². The van der Waals surface area contributed by atoms with Crippen LogP contribution in [0.2, 0.25) is 0 Å². The summed E-state index contributed by atoms with van der Waals surface area (Å²) in [6.07, 6.45) is 0.707. The number of carbonyl (C=O) groups is 1. The van der Waals surface area contributed by atoms with Crippen molar-refractivity contribution in [2.75, 3.05) is 0 Å². The topological polar surface area (TPSA) is 55.1 Å². The quantitative estimate of drug-likeness (QED) is 0.876. The summed E-state index contributed by atoms with van der Waals surface area (Å²) in [4.78, 5) is 12.7. The number of Topliss-reactive ketones (excluding diaryl/α,β-unsaturated/α-hetero) is 1. The number of ketones is 1. The average Bonchev–Trinajstić information content (AvgIpc) is 2.35. The third kappa shape index (κ3) is 5.98. The fourth-order valence-electron chi connectivity index (χ4n) is 2.30. The zero-order valence-corrected chi connectivity index (χ0v) is 14.3. The minimum Gasteiger partial charge on any atom is -0.326 e. The van der Waals surface area contributed by atoms with E-state index < -0.39 is 0 Å². The van der Waals surface area contributed by atoms with Crippen LogP contribution in [0.5, 0.6) is 0 Å². The fourth-order valence-corrected chi connectivity index (χ4v) is 2.30. The standard InChI is InChI=1S/C18H30N2O/c1-17(2,3)16(21)15(20-18(4,5)6)11-13-7-9-14(12-19)10-8-13/h7-10,15,20H,11-12,19H2,1-6H3/t15-/m0/s1. The van der Waals surface area contributed by atoms with Crippen LogP contribution in [-0.4, -0.2) is 17.4 Å². The Hall–Kier alpha value is -1.19. The Balaban J connectivity index is 2.93. The van der Waals surface area contributed by atoms with Crippen LogP contribution in [0.25, 0.3) is 0 Å². The molecule has 0 aliphatic carbocycles. The molecule has 3 nitrogen and oxygen atoms in total. The van der Waals surface area contributed by atoms with Crippen molar-refractivity contribution in [3.8, 4) is 0 Å². The maximum absolute atomic E-state index is 12.7. The molecule has 0 aliphatic heterocycles. The Morgan fingerprint density at radius 2 is 1.52 bits per heavy atom. The Bertz CT molecular complexity index is 463. The van der Waals surface area contributed by atoms with Crippen molar-refractivity contribution in [2.45, 2.75) is 66.1 Å². The molecule has 0 aliphatic rings. The number of nitrogens with one attached hydrogen (secondary N) is 1. The number of carbonyl (C=O) groups excluding carboxylic acids is 1. The molecule has 0 saturated carbocycles. The van der Waals surface area contributed by atoms with Gasteiger partial charge in [-0.15, -0.1) is 0 Å². The van der Waals surface area contributed by atoms with Gasteiger partial charge in [0.25, 0.3) is 0 Å². The second-order valence-electron chi connectivity index (χ2n) is 7.79. The molecular formula is C18H30N2O. The van der Waals surface area contributed by atoms with Crippen LogP contribution in [-0.2, 0) is 17.8 Å². The summed E-state index contributed by atoms with van der Waals surface area (Å²) in [5.41, 5.74) is 7.45. The third-order valence-corrected chi connectivity index (χ3v) is 3.36. The zero-order chi connectivity index (χ0) is 16.3. The molecule has 3 N–H and O–H groups in total. The lowest BCUT2D eigenvalue weighted by Gasteiger charge is -2.32. The lowest BCUT2D eigenvalue weighted by atomic mass is 9.83. The van der Waals surface area contributed by atoms with Crippen LogP contribution in [0.4, 0.5) is 0 Å². The number of nitrogens with two attached hydrogens (primary N) is 1. The summed E-state index contributed by atoms with van der Waals surface area (Å²) in [5, 5.41) is 3.47. The first-order chi connectivity index (χ1) is 9.53. The molecule has 1 atom stereocenters. The minimum absolute atomic E-state index is 0.0945. The van der Waals surface area contributed by atoms with Crippen molar-refractivity contribution in [2.24, 2.45) is 11.1 Å². The van der Waals surface area contributed by atoms with Gasteiger partial charge >= 0.3 is 0 Å². The molecule has 0 heterocycles. The molecule has 0 aromatic heterocycles. The lowest BCUT2D eigenvalue weighted by Crippen LogP contribution is -2.51. The molecule has 0 radical (unpaired) electrons. The highest BCUT2D eigenvalue weighted by Gasteiger charge is 2.31. The van der Waals surface area contributed by atoms with Gasteiger partial charge < -0.3 is 11.1 Å². The summed E-state index contributed by atoms with van der Waals surface area (Å²) in [6.45, 7) is 12.7. The predicted octanol–water partition coefficient (Wildman–Crippen LogP) is 3.06. The number of rotatable bonds is 5. The summed E-state index contributed by atoms with van der Waals surface area (Å²) in [5.74, 6) is 0.250. The highest BCUT2D eigenvalue weighted by Crippen LogP contribution is 2.21. The van der Waals surface area contributed by atoms with Crippen molar-refractivity contribution >= 4 is 5.78 Å². The van der Waals surface area contributed by atoms with E-state index in [0.29, 0.717) is 13.0 Å². The SMILES string of the molecule is CC(C)(C)N[C@@H](Cc1ccc(CN)cc1)C(=O)C(C)(C)C. The number of hydrogen-bond acceptors (Lipinski definition) is 3. The first kappa shape index (κ1) is 17.9. The van der Waals surface area contributed by atoms with Crippen molar-refractivity contribution < 1.29 is 4.79 Å². The monoisotopic (exact) mass is 290 g/mol. The molecule has 0 spiro atoms. The Morgan fingerprint density at radius 3 is 1.90 bits per heavy atom. The van der Waals surface area contributed by atoms with Gasteiger partial charge in [0.2, 0.25) is 0 Å². The van der Waals surface area contributed by atoms with Crippen LogP contribution in [0.1, 0.15) is 52.7 Å². The average molecular weight is 290 g/mol. The highest BCUT2D eigenvalue weighted by molar-refractivity contribution is 5.89. The van der Waals surface area contributed by atoms with Crippen molar-refractivity contribution in [3.63, 3.8) is 0 Å². The second kappa shape index (κ2) is 6.71. The second-order valence-corrected chi connectivity index (χ2v) is 7.79. The van der Waals surface area contributed by atoms with Crippen molar-refractivity contribution in [1.82, 2.24) is 5.32 Å². The lowest BCUT2D eigenvalue weighted by molar-refractivity contribution is -0.128. The largest absolute Gasteiger partial charge is 0.326 e. The first-order valence-electron chi connectivity index (χ1n) is 7.63. The predicted molar refractivity (Wildman–Crippen MR) is 89.2 cm³/mol. The summed E-state index contributed by atoms with van der Waals surface area (Å²) in [7, 11) is 0. The Morgan fingerprint density at radius 1 is 1.05 bits per heavy atom. The number of hydrogen-bond donors (Lipinski definition) is 2. The van der Waals surface area contributed by atoms with E-state index >= 15 is 0 Å². The van der Waals surface area contributed by atoms with Gasteiger partial charge in [-0.05, 0) is 38.3 Å². The van der Waals surface area contributed by atoms with Crippen LogP contribution in [0, 0.1) is 5.41 Å². The Labute approximate surface area is 129 Å². The van der Waals surface area contributed by atoms with Gasteiger partial charge in [0.1, 0.15) is 0 Å². The van der Waals surface area contributed by atoms with E-state index in [2.05, 4.69) is 38.2 Å². The van der Waals surface area contributed by atoms with E-state index in [1.165, 1.54) is 0 Å². The third-order valence-electron chi connectivity index (χ3n) is 3.36. The molecule has 3 heteroatoms. The summed E-state index contributed by atoms with van der Waals surface area (Å²) in [6, 6.07) is 8.02. The Kier molecular flexibility index (Phi) is 5.71. The molecule has 0 saturated heterocycles. The summed E-state index contributed by atoms with van der Waals surface area (Å²) < 4.78 is 0. The number of benzene rings is 1. The fraction of sp³-hybridized carbons (Fsp3) is 0.611. The van der Waals surface area contributed by atoms with E-state index in [1.54, 1.807) is 0 Å². The molecule has 0 bridgehead atoms. The first-order valence-corrected chi connectivity index (χ1v) is 7.63. The molecule has 118 valence electrons. The van der Waals surface area contributed by atoms with E-state index in [4.69, 9.17) is 5.73 Å². The van der Waals surface area contributed by atoms with Gasteiger partial charge in [-0.1, -0.05) is 45.0 Å². The van der Waals surface area contributed by atoms with E-state index in [-0.39, 0.29) is 22.8 Å². The molecule has 0 fully saturated rings. The molecule has 21 heavy (non-hydrogen) atoms. The summed E-state index contributed by atoms with van der Waals surface area (Å²) >= 11 is 0. The van der Waals surface area contributed by atoms with Crippen molar-refractivity contribution in [1.29, 1.82) is 0 Å². The van der Waals surface area contributed by atoms with Crippen LogP contribution in [0.15, 0.2) is 24.3 Å². The van der Waals surface area contributed by atoms with Crippen molar-refractivity contribution in [3.05, 3.63) is 35.4 Å². The highest BCUT2D eigenvalue weighted by atomic mass is 16.1. The van der Waals surface area contributed by atoms with Gasteiger partial charge in [0.05, 0.1) is 6.04 Å². The van der Waals surface area contributed by atoms with E-state index in [1.807, 2.05) is 32.9 Å². The smallest absolute Gasteiger partial charge is 0.155 e. The normalized spacial score (nSPS) is 14.0. The van der Waals surface area contributed by atoms with E-state index in [0.717, 1.165) is 11.1 Å². The minimum atomic E-state index is -0.347. The van der Waals surface area contributed by atoms with Crippen LogP contribution < -0.4 is 11.1 Å². The van der Waals surface area contributed by atoms with Gasteiger partial charge in [-0.2, -0.15) is 0 Å². The molecule has 0 amide bonds. The molecule has 1 aromatic rings. The molecule has 1 aromatic carbocycles. The van der Waals surface area contributed by atoms with Crippen LogP contribution in [0.3, 0.4) is 0 Å². The van der Waals surface area contributed by atoms with Gasteiger partial charge in [0, 0.05) is 17.5 Å². The molecule has 1 rings (SSSR count). The van der Waals surface area contributed by atoms with Gasteiger partial charge in [0.15, 0.2) is 5.78 Å². The maximum atomic E-state index is 12.7. The maximum Gasteiger partial charge on any atom is 0.155 e. The zero-order valence-electron chi connectivity index (χ0n) is 14.3. The van der Waals surface area contributed by atoms with E-state index in [9.17, 15) is 4.79 Å². The van der Waals surface area contributed by atoms with Crippen LogP contribution >= 0.6 is 0 Å². The van der Waals surface area contributed by atoms with Gasteiger partial charge in [-0.25, -0.2) is 0 Å².